The number of hydrogen-bond acceptors (Lipinski definition) is 2. The Morgan fingerprint density at radius 1 is 1.10 bits per heavy atom. The van der Waals surface area contributed by atoms with Crippen molar-refractivity contribution in [3.8, 4) is 0 Å². The van der Waals surface area contributed by atoms with Crippen molar-refractivity contribution < 1.29 is 4.39 Å². The summed E-state index contributed by atoms with van der Waals surface area (Å²) in [5.74, 6) is -0.162. The summed E-state index contributed by atoms with van der Waals surface area (Å²) in [6, 6.07) is 13.3. The van der Waals surface area contributed by atoms with E-state index in [0.717, 1.165) is 37.2 Å². The summed E-state index contributed by atoms with van der Waals surface area (Å²) < 4.78 is 14.2. The molecule has 2 aromatic carbocycles. The lowest BCUT2D eigenvalue weighted by Gasteiger charge is -2.18. The van der Waals surface area contributed by atoms with Crippen molar-refractivity contribution in [2.24, 2.45) is 4.99 Å². The van der Waals surface area contributed by atoms with Crippen LogP contribution < -0.4 is 4.90 Å². The fourth-order valence-corrected chi connectivity index (χ4v) is 2.68. The van der Waals surface area contributed by atoms with Crippen molar-refractivity contribution in [3.63, 3.8) is 0 Å². The molecule has 0 saturated carbocycles. The van der Waals surface area contributed by atoms with Crippen molar-refractivity contribution in [2.75, 3.05) is 18.0 Å². The molecule has 0 spiro atoms. The number of benzene rings is 2. The van der Waals surface area contributed by atoms with Gasteiger partial charge in [-0.3, -0.25) is 4.99 Å². The minimum absolute atomic E-state index is 0.162. The van der Waals surface area contributed by atoms with Crippen LogP contribution in [-0.4, -0.2) is 19.3 Å². The molecule has 1 saturated heterocycles. The number of hydrogen-bond donors (Lipinski definition) is 0. The average molecular weight is 282 g/mol. The highest BCUT2D eigenvalue weighted by Crippen LogP contribution is 2.24. The zero-order chi connectivity index (χ0) is 14.7. The van der Waals surface area contributed by atoms with Crippen LogP contribution in [0.1, 0.15) is 24.0 Å². The summed E-state index contributed by atoms with van der Waals surface area (Å²) in [4.78, 5) is 6.51. The van der Waals surface area contributed by atoms with E-state index in [1.54, 1.807) is 12.3 Å². The van der Waals surface area contributed by atoms with E-state index in [-0.39, 0.29) is 5.82 Å². The Balaban J connectivity index is 1.78. The Morgan fingerprint density at radius 2 is 1.90 bits per heavy atom. The lowest BCUT2D eigenvalue weighted by atomic mass is 10.2. The monoisotopic (exact) mass is 282 g/mol. The Kier molecular flexibility index (Phi) is 4.00. The highest BCUT2D eigenvalue weighted by Gasteiger charge is 2.15. The minimum Gasteiger partial charge on any atom is -0.369 e. The largest absolute Gasteiger partial charge is 0.369 e. The molecule has 3 rings (SSSR count). The second kappa shape index (κ2) is 6.08. The van der Waals surface area contributed by atoms with Crippen LogP contribution in [0.3, 0.4) is 0 Å². The van der Waals surface area contributed by atoms with E-state index in [1.165, 1.54) is 5.56 Å². The zero-order valence-corrected chi connectivity index (χ0v) is 12.2. The molecule has 3 heteroatoms. The van der Waals surface area contributed by atoms with Gasteiger partial charge in [0.1, 0.15) is 5.82 Å². The molecule has 1 heterocycles. The van der Waals surface area contributed by atoms with Crippen molar-refractivity contribution in [1.29, 1.82) is 0 Å². The van der Waals surface area contributed by atoms with E-state index in [9.17, 15) is 4.39 Å². The first-order valence-corrected chi connectivity index (χ1v) is 7.37. The number of aliphatic imine (C=N–C) groups is 1. The Hall–Kier alpha value is -2.16. The summed E-state index contributed by atoms with van der Waals surface area (Å²) in [6.45, 7) is 3.94. The molecular weight excluding hydrogens is 263 g/mol. The smallest absolute Gasteiger partial charge is 0.147 e. The van der Waals surface area contributed by atoms with Crippen LogP contribution in [0.5, 0.6) is 0 Å². The molecule has 108 valence electrons. The maximum atomic E-state index is 14.2. The van der Waals surface area contributed by atoms with E-state index < -0.39 is 0 Å². The van der Waals surface area contributed by atoms with Gasteiger partial charge in [0.15, 0.2) is 0 Å². The van der Waals surface area contributed by atoms with Gasteiger partial charge in [0, 0.05) is 19.3 Å². The third-order valence-electron chi connectivity index (χ3n) is 3.78. The number of aryl methyl sites for hydroxylation is 1. The molecule has 1 aliphatic heterocycles. The van der Waals surface area contributed by atoms with Crippen LogP contribution >= 0.6 is 0 Å². The topological polar surface area (TPSA) is 15.6 Å². The highest BCUT2D eigenvalue weighted by molar-refractivity contribution is 5.82. The maximum absolute atomic E-state index is 14.2. The second-order valence-corrected chi connectivity index (χ2v) is 5.50. The van der Waals surface area contributed by atoms with Crippen LogP contribution in [0.2, 0.25) is 0 Å². The standard InChI is InChI=1S/C18H19FN2/c1-14-5-4-6-16(11-14)20-13-15-7-8-18(17(19)12-15)21-9-2-3-10-21/h4-8,11-13H,2-3,9-10H2,1H3. The summed E-state index contributed by atoms with van der Waals surface area (Å²) in [6.07, 6.45) is 4.01. The molecule has 0 aliphatic carbocycles. The van der Waals surface area contributed by atoms with Crippen LogP contribution in [0.15, 0.2) is 47.5 Å². The van der Waals surface area contributed by atoms with Crippen molar-refractivity contribution in [1.82, 2.24) is 0 Å². The summed E-state index contributed by atoms with van der Waals surface area (Å²) in [5.41, 5.74) is 3.55. The maximum Gasteiger partial charge on any atom is 0.147 e. The molecule has 0 radical (unpaired) electrons. The van der Waals surface area contributed by atoms with Crippen LogP contribution in [-0.2, 0) is 0 Å². The summed E-state index contributed by atoms with van der Waals surface area (Å²) in [7, 11) is 0. The molecule has 0 aromatic heterocycles. The second-order valence-electron chi connectivity index (χ2n) is 5.50. The number of halogens is 1. The lowest BCUT2D eigenvalue weighted by molar-refractivity contribution is 0.623. The molecule has 0 amide bonds. The van der Waals surface area contributed by atoms with E-state index in [0.29, 0.717) is 5.69 Å². The van der Waals surface area contributed by atoms with Gasteiger partial charge in [0.2, 0.25) is 0 Å². The quantitative estimate of drug-likeness (QED) is 0.758. The molecule has 2 nitrogen and oxygen atoms in total. The van der Waals surface area contributed by atoms with E-state index in [4.69, 9.17) is 0 Å². The van der Waals surface area contributed by atoms with Gasteiger partial charge in [-0.2, -0.15) is 0 Å². The van der Waals surface area contributed by atoms with Crippen molar-refractivity contribution >= 4 is 17.6 Å². The third-order valence-corrected chi connectivity index (χ3v) is 3.78. The Morgan fingerprint density at radius 3 is 2.62 bits per heavy atom. The van der Waals surface area contributed by atoms with Gasteiger partial charge in [-0.05, 0) is 55.2 Å². The van der Waals surface area contributed by atoms with Crippen LogP contribution in [0, 0.1) is 12.7 Å². The van der Waals surface area contributed by atoms with E-state index in [1.807, 2.05) is 43.3 Å². The fraction of sp³-hybridized carbons (Fsp3) is 0.278. The predicted molar refractivity (Wildman–Crippen MR) is 86.3 cm³/mol. The zero-order valence-electron chi connectivity index (χ0n) is 12.2. The number of rotatable bonds is 3. The molecule has 1 fully saturated rings. The predicted octanol–water partition coefficient (Wildman–Crippen LogP) is 4.48. The van der Waals surface area contributed by atoms with Crippen molar-refractivity contribution in [3.05, 3.63) is 59.4 Å². The molecule has 0 atom stereocenters. The first-order valence-electron chi connectivity index (χ1n) is 7.37. The van der Waals surface area contributed by atoms with Gasteiger partial charge < -0.3 is 4.90 Å². The van der Waals surface area contributed by atoms with E-state index >= 15 is 0 Å². The van der Waals surface area contributed by atoms with Gasteiger partial charge in [-0.1, -0.05) is 18.2 Å². The third kappa shape index (κ3) is 3.30. The lowest BCUT2D eigenvalue weighted by Crippen LogP contribution is -2.18. The first-order chi connectivity index (χ1) is 10.2. The van der Waals surface area contributed by atoms with Gasteiger partial charge in [0.05, 0.1) is 11.4 Å². The summed E-state index contributed by atoms with van der Waals surface area (Å²) in [5, 5.41) is 0. The van der Waals surface area contributed by atoms with Crippen LogP contribution in [0.4, 0.5) is 15.8 Å². The number of nitrogens with zero attached hydrogens (tertiary/aromatic N) is 2. The Bertz CT molecular complexity index is 658. The van der Waals surface area contributed by atoms with Crippen molar-refractivity contribution in [2.45, 2.75) is 19.8 Å². The molecule has 0 N–H and O–H groups in total. The van der Waals surface area contributed by atoms with E-state index in [2.05, 4.69) is 9.89 Å². The van der Waals surface area contributed by atoms with Gasteiger partial charge in [-0.25, -0.2) is 4.39 Å². The Labute approximate surface area is 124 Å². The van der Waals surface area contributed by atoms with Gasteiger partial charge >= 0.3 is 0 Å². The SMILES string of the molecule is Cc1cccc(N=Cc2ccc(N3CCCC3)c(F)c2)c1. The molecule has 0 bridgehead atoms. The highest BCUT2D eigenvalue weighted by atomic mass is 19.1. The van der Waals surface area contributed by atoms with Gasteiger partial charge in [-0.15, -0.1) is 0 Å². The number of anilines is 1. The first kappa shape index (κ1) is 13.8. The molecular formula is C18H19FN2. The average Bonchev–Trinajstić information content (AvgIpc) is 2.99. The fourth-order valence-electron chi connectivity index (χ4n) is 2.68. The molecule has 2 aromatic rings. The summed E-state index contributed by atoms with van der Waals surface area (Å²) >= 11 is 0. The molecule has 1 aliphatic rings. The molecule has 21 heavy (non-hydrogen) atoms. The normalized spacial score (nSPS) is 15.0. The van der Waals surface area contributed by atoms with Gasteiger partial charge in [0.25, 0.3) is 0 Å². The minimum atomic E-state index is -0.162. The van der Waals surface area contributed by atoms with Crippen LogP contribution in [0.25, 0.3) is 0 Å². The molecule has 0 unspecified atom stereocenters.